The first-order valence-electron chi connectivity index (χ1n) is 11.3. The van der Waals surface area contributed by atoms with Crippen molar-refractivity contribution in [3.63, 3.8) is 0 Å². The molecular formula is C25H28FN5O2. The number of ether oxygens (including phenoxy) is 1. The van der Waals surface area contributed by atoms with Gasteiger partial charge in [0.1, 0.15) is 23.7 Å². The van der Waals surface area contributed by atoms with E-state index in [1.54, 1.807) is 19.1 Å². The summed E-state index contributed by atoms with van der Waals surface area (Å²) in [6.07, 6.45) is 5.77. The Morgan fingerprint density at radius 3 is 2.82 bits per heavy atom. The van der Waals surface area contributed by atoms with Gasteiger partial charge in [0, 0.05) is 17.1 Å². The van der Waals surface area contributed by atoms with E-state index in [0.717, 1.165) is 24.2 Å². The maximum atomic E-state index is 13.6. The highest BCUT2D eigenvalue weighted by Crippen LogP contribution is 2.59. The molecule has 1 saturated carbocycles. The number of aryl methyl sites for hydroxylation is 1. The number of halogens is 1. The highest BCUT2D eigenvalue weighted by Gasteiger charge is 2.54. The van der Waals surface area contributed by atoms with Crippen molar-refractivity contribution in [3.05, 3.63) is 48.0 Å². The van der Waals surface area contributed by atoms with E-state index in [2.05, 4.69) is 32.5 Å². The maximum absolute atomic E-state index is 13.6. The first-order valence-corrected chi connectivity index (χ1v) is 11.3. The van der Waals surface area contributed by atoms with Crippen molar-refractivity contribution in [2.24, 2.45) is 11.3 Å². The van der Waals surface area contributed by atoms with E-state index in [1.165, 1.54) is 31.7 Å². The summed E-state index contributed by atoms with van der Waals surface area (Å²) >= 11 is 0. The van der Waals surface area contributed by atoms with Crippen LogP contribution in [0.25, 0.3) is 10.9 Å². The Morgan fingerprint density at radius 1 is 1.24 bits per heavy atom. The number of anilines is 3. The molecule has 1 unspecified atom stereocenters. The molecule has 1 aromatic heterocycles. The number of benzene rings is 2. The van der Waals surface area contributed by atoms with Crippen molar-refractivity contribution in [3.8, 4) is 5.75 Å². The monoisotopic (exact) mass is 449 g/mol. The Morgan fingerprint density at radius 2 is 2.06 bits per heavy atom. The molecule has 1 saturated heterocycles. The molecule has 2 aromatic carbocycles. The molecule has 1 spiro atoms. The van der Waals surface area contributed by atoms with Gasteiger partial charge in [-0.2, -0.15) is 0 Å². The van der Waals surface area contributed by atoms with E-state index in [4.69, 9.17) is 4.74 Å². The first-order chi connectivity index (χ1) is 16.0. The van der Waals surface area contributed by atoms with Crippen LogP contribution in [0, 0.1) is 24.1 Å². The summed E-state index contributed by atoms with van der Waals surface area (Å²) in [7, 11) is 2.18. The minimum absolute atomic E-state index is 0.259. The molecule has 3 aromatic rings. The standard InChI is InChI=1S/C25H28FN5O2/c1-16-9-18(3-4-20(16)26)30-24-19-10-22(29-15-32)23(11-21(19)27-14-28-24)33-13-17-12-25(17)5-7-31(2)8-6-25/h3-4,9-11,14-15,17H,5-8,12-13H2,1-2H3,(H,29,32)(H,27,28,30). The van der Waals surface area contributed by atoms with Crippen LogP contribution in [0.1, 0.15) is 24.8 Å². The Labute approximate surface area is 192 Å². The van der Waals surface area contributed by atoms with Crippen molar-refractivity contribution in [2.75, 3.05) is 37.4 Å². The van der Waals surface area contributed by atoms with Gasteiger partial charge in [0.25, 0.3) is 0 Å². The van der Waals surface area contributed by atoms with Crippen LogP contribution in [0.4, 0.5) is 21.6 Å². The predicted octanol–water partition coefficient (Wildman–Crippen LogP) is 4.50. The summed E-state index contributed by atoms with van der Waals surface area (Å²) in [6.45, 7) is 4.63. The van der Waals surface area contributed by atoms with Crippen LogP contribution in [0.5, 0.6) is 5.75 Å². The van der Waals surface area contributed by atoms with Crippen LogP contribution in [0.2, 0.25) is 0 Å². The van der Waals surface area contributed by atoms with Gasteiger partial charge in [0.2, 0.25) is 6.41 Å². The number of likely N-dealkylation sites (tertiary alicyclic amines) is 1. The first kappa shape index (κ1) is 21.6. The van der Waals surface area contributed by atoms with Crippen LogP contribution in [-0.2, 0) is 4.79 Å². The molecule has 5 rings (SSSR count). The van der Waals surface area contributed by atoms with Crippen molar-refractivity contribution in [1.29, 1.82) is 0 Å². The second kappa shape index (κ2) is 8.59. The summed E-state index contributed by atoms with van der Waals surface area (Å²) in [4.78, 5) is 22.4. The van der Waals surface area contributed by atoms with Gasteiger partial charge < -0.3 is 20.3 Å². The number of hydrogen-bond donors (Lipinski definition) is 2. The number of carbonyl (C=O) groups excluding carboxylic acids is 1. The number of nitrogens with one attached hydrogen (secondary N) is 2. The van der Waals surface area contributed by atoms with Gasteiger partial charge in [-0.25, -0.2) is 14.4 Å². The van der Waals surface area contributed by atoms with Gasteiger partial charge >= 0.3 is 0 Å². The van der Waals surface area contributed by atoms with Gasteiger partial charge in [-0.05, 0) is 87.5 Å². The molecule has 2 aliphatic rings. The topological polar surface area (TPSA) is 79.4 Å². The summed E-state index contributed by atoms with van der Waals surface area (Å²) in [5.74, 6) is 1.46. The number of nitrogens with zero attached hydrogens (tertiary/aromatic N) is 3. The van der Waals surface area contributed by atoms with E-state index < -0.39 is 0 Å². The summed E-state index contributed by atoms with van der Waals surface area (Å²) in [5.41, 5.74) is 2.95. The molecule has 1 amide bonds. The number of piperidine rings is 1. The molecule has 2 N–H and O–H groups in total. The molecule has 8 heteroatoms. The molecule has 1 aliphatic carbocycles. The Kier molecular flexibility index (Phi) is 5.62. The van der Waals surface area contributed by atoms with Crippen molar-refractivity contribution in [1.82, 2.24) is 14.9 Å². The second-order valence-corrected chi connectivity index (χ2v) is 9.32. The Balaban J connectivity index is 1.38. The fourth-order valence-electron chi connectivity index (χ4n) is 4.87. The minimum Gasteiger partial charge on any atom is -0.491 e. The number of rotatable bonds is 7. The van der Waals surface area contributed by atoms with E-state index in [0.29, 0.717) is 52.7 Å². The zero-order valence-corrected chi connectivity index (χ0v) is 18.9. The third-order valence-electron chi connectivity index (χ3n) is 7.15. The van der Waals surface area contributed by atoms with Gasteiger partial charge in [0.05, 0.1) is 17.8 Å². The van der Waals surface area contributed by atoms with Crippen LogP contribution in [-0.4, -0.2) is 48.0 Å². The number of carbonyl (C=O) groups is 1. The fraction of sp³-hybridized carbons (Fsp3) is 0.400. The van der Waals surface area contributed by atoms with Gasteiger partial charge in [-0.1, -0.05) is 0 Å². The lowest BCUT2D eigenvalue weighted by Crippen LogP contribution is -2.32. The zero-order chi connectivity index (χ0) is 23.0. The van der Waals surface area contributed by atoms with Crippen LogP contribution in [0.3, 0.4) is 0 Å². The zero-order valence-electron chi connectivity index (χ0n) is 18.9. The Hall–Kier alpha value is -3.26. The Bertz CT molecular complexity index is 1190. The number of amides is 1. The molecule has 172 valence electrons. The van der Waals surface area contributed by atoms with E-state index >= 15 is 0 Å². The molecule has 0 bridgehead atoms. The molecule has 2 fully saturated rings. The van der Waals surface area contributed by atoms with Crippen molar-refractivity contribution < 1.29 is 13.9 Å². The molecule has 2 heterocycles. The molecule has 1 aliphatic heterocycles. The summed E-state index contributed by atoms with van der Waals surface area (Å²) in [5, 5.41) is 6.71. The van der Waals surface area contributed by atoms with E-state index in [1.807, 2.05) is 12.1 Å². The number of aromatic nitrogens is 2. The quantitative estimate of drug-likeness (QED) is 0.517. The molecule has 0 radical (unpaired) electrons. The van der Waals surface area contributed by atoms with E-state index in [9.17, 15) is 9.18 Å². The number of hydrogen-bond acceptors (Lipinski definition) is 6. The normalized spacial score (nSPS) is 19.4. The van der Waals surface area contributed by atoms with Crippen LogP contribution < -0.4 is 15.4 Å². The maximum Gasteiger partial charge on any atom is 0.211 e. The predicted molar refractivity (Wildman–Crippen MR) is 126 cm³/mol. The lowest BCUT2D eigenvalue weighted by molar-refractivity contribution is -0.105. The minimum atomic E-state index is -0.259. The SMILES string of the molecule is Cc1cc(Nc2ncnc3cc(OCC4CC45CCN(C)CC5)c(NC=O)cc23)ccc1F. The van der Waals surface area contributed by atoms with Gasteiger partial charge in [-0.3, -0.25) is 4.79 Å². The average Bonchev–Trinajstić information content (AvgIpc) is 3.49. The molecule has 33 heavy (non-hydrogen) atoms. The summed E-state index contributed by atoms with van der Waals surface area (Å²) in [6, 6.07) is 8.46. The average molecular weight is 450 g/mol. The molecular weight excluding hydrogens is 421 g/mol. The van der Waals surface area contributed by atoms with Gasteiger partial charge in [-0.15, -0.1) is 0 Å². The highest BCUT2D eigenvalue weighted by molar-refractivity contribution is 5.96. The largest absolute Gasteiger partial charge is 0.491 e. The van der Waals surface area contributed by atoms with E-state index in [-0.39, 0.29) is 5.82 Å². The van der Waals surface area contributed by atoms with Gasteiger partial charge in [0.15, 0.2) is 0 Å². The smallest absolute Gasteiger partial charge is 0.211 e. The lowest BCUT2D eigenvalue weighted by atomic mass is 9.91. The summed E-state index contributed by atoms with van der Waals surface area (Å²) < 4.78 is 19.8. The highest BCUT2D eigenvalue weighted by atomic mass is 19.1. The fourth-order valence-corrected chi connectivity index (χ4v) is 4.87. The molecule has 1 atom stereocenters. The van der Waals surface area contributed by atoms with Crippen molar-refractivity contribution >= 4 is 34.5 Å². The third kappa shape index (κ3) is 4.35. The van der Waals surface area contributed by atoms with Crippen LogP contribution in [0.15, 0.2) is 36.7 Å². The molecule has 7 nitrogen and oxygen atoms in total. The van der Waals surface area contributed by atoms with Crippen LogP contribution >= 0.6 is 0 Å². The lowest BCUT2D eigenvalue weighted by Gasteiger charge is -2.30. The third-order valence-corrected chi connectivity index (χ3v) is 7.15. The second-order valence-electron chi connectivity index (χ2n) is 9.32. The number of fused-ring (bicyclic) bond motifs is 1. The van der Waals surface area contributed by atoms with Crippen molar-refractivity contribution in [2.45, 2.75) is 26.2 Å².